The molecule has 4 rings (SSSR count). The van der Waals surface area contributed by atoms with Crippen molar-refractivity contribution < 1.29 is 9.53 Å². The summed E-state index contributed by atoms with van der Waals surface area (Å²) >= 11 is 9.45. The van der Waals surface area contributed by atoms with Gasteiger partial charge in [-0.1, -0.05) is 41.6 Å². The van der Waals surface area contributed by atoms with Crippen LogP contribution in [0.15, 0.2) is 53.7 Å². The van der Waals surface area contributed by atoms with Crippen LogP contribution < -0.4 is 10.5 Å². The number of carbonyl (C=O) groups excluding carboxylic acids is 1. The number of thioether (sulfide) groups is 1. The average molecular weight is 431 g/mol. The van der Waals surface area contributed by atoms with E-state index in [1.165, 1.54) is 11.8 Å². The van der Waals surface area contributed by atoms with Crippen molar-refractivity contribution in [3.63, 3.8) is 0 Å². The number of nitrogens with two attached hydrogens (primary N) is 1. The Balaban J connectivity index is 1.88. The molecule has 4 aromatic rings. The predicted octanol–water partition coefficient (Wildman–Crippen LogP) is 4.39. The highest BCUT2D eigenvalue weighted by Crippen LogP contribution is 2.42. The molecule has 1 amide bonds. The van der Waals surface area contributed by atoms with Crippen molar-refractivity contribution in [3.05, 3.63) is 53.6 Å². The fraction of sp³-hybridized carbons (Fsp3) is 0.105. The number of rotatable bonds is 6. The fourth-order valence-corrected chi connectivity index (χ4v) is 4.95. The monoisotopic (exact) mass is 430 g/mol. The Morgan fingerprint density at radius 2 is 1.96 bits per heavy atom. The third-order valence-electron chi connectivity index (χ3n) is 4.05. The molecule has 0 aliphatic carbocycles. The summed E-state index contributed by atoms with van der Waals surface area (Å²) in [6, 6.07) is 15.4. The number of ether oxygens (including phenoxy) is 1. The van der Waals surface area contributed by atoms with Crippen molar-refractivity contribution >= 4 is 50.7 Å². The molecule has 0 fully saturated rings. The third-order valence-corrected chi connectivity index (χ3v) is 6.67. The molecule has 0 unspecified atom stereocenters. The molecular weight excluding hydrogens is 416 g/mol. The van der Waals surface area contributed by atoms with Gasteiger partial charge < -0.3 is 10.5 Å². The van der Waals surface area contributed by atoms with Gasteiger partial charge in [0, 0.05) is 10.1 Å². The quantitative estimate of drug-likeness (QED) is 0.459. The van der Waals surface area contributed by atoms with Crippen LogP contribution in [0.4, 0.5) is 0 Å². The van der Waals surface area contributed by atoms with Gasteiger partial charge >= 0.3 is 0 Å². The minimum absolute atomic E-state index is 0.106. The second-order valence-electron chi connectivity index (χ2n) is 5.84. The molecule has 0 saturated carbocycles. The van der Waals surface area contributed by atoms with E-state index in [-0.39, 0.29) is 5.75 Å². The van der Waals surface area contributed by atoms with Crippen LogP contribution in [-0.2, 0) is 4.79 Å². The number of carbonyl (C=O) groups is 1. The Kier molecular flexibility index (Phi) is 5.25. The van der Waals surface area contributed by atoms with E-state index in [1.807, 2.05) is 53.1 Å². The maximum absolute atomic E-state index is 11.3. The molecule has 2 aromatic carbocycles. The van der Waals surface area contributed by atoms with Gasteiger partial charge in [-0.25, -0.2) is 0 Å². The minimum Gasteiger partial charge on any atom is -0.497 e. The number of amides is 1. The summed E-state index contributed by atoms with van der Waals surface area (Å²) in [6.07, 6.45) is 0. The lowest BCUT2D eigenvalue weighted by molar-refractivity contribution is -0.115. The van der Waals surface area contributed by atoms with Crippen LogP contribution in [0, 0.1) is 0 Å². The summed E-state index contributed by atoms with van der Waals surface area (Å²) in [5.41, 5.74) is 6.14. The third kappa shape index (κ3) is 3.46. The van der Waals surface area contributed by atoms with Crippen LogP contribution in [0.2, 0.25) is 5.02 Å². The van der Waals surface area contributed by atoms with Gasteiger partial charge in [0.1, 0.15) is 5.75 Å². The summed E-state index contributed by atoms with van der Waals surface area (Å²) in [4.78, 5) is 12.1. The average Bonchev–Trinajstić information content (AvgIpc) is 3.27. The Hall–Kier alpha value is -2.55. The van der Waals surface area contributed by atoms with Crippen LogP contribution in [0.3, 0.4) is 0 Å². The van der Waals surface area contributed by atoms with E-state index >= 15 is 0 Å². The molecule has 6 nitrogen and oxygen atoms in total. The second kappa shape index (κ2) is 7.83. The summed E-state index contributed by atoms with van der Waals surface area (Å²) in [5, 5.41) is 10.8. The molecular formula is C19H15ClN4O2S2. The smallest absolute Gasteiger partial charge is 0.227 e. The van der Waals surface area contributed by atoms with Gasteiger partial charge in [-0.05, 0) is 30.3 Å². The number of fused-ring (bicyclic) bond motifs is 1. The van der Waals surface area contributed by atoms with Gasteiger partial charge in [-0.2, -0.15) is 0 Å². The Labute approximate surface area is 174 Å². The maximum atomic E-state index is 11.3. The number of hydrogen-bond donors (Lipinski definition) is 1. The van der Waals surface area contributed by atoms with E-state index in [9.17, 15) is 4.79 Å². The van der Waals surface area contributed by atoms with E-state index in [1.54, 1.807) is 18.4 Å². The number of halogens is 1. The summed E-state index contributed by atoms with van der Waals surface area (Å²) in [6.45, 7) is 0. The molecule has 2 aromatic heterocycles. The van der Waals surface area contributed by atoms with Crippen molar-refractivity contribution in [1.29, 1.82) is 0 Å². The van der Waals surface area contributed by atoms with E-state index < -0.39 is 5.91 Å². The highest BCUT2D eigenvalue weighted by Gasteiger charge is 2.22. The Morgan fingerprint density at radius 3 is 2.64 bits per heavy atom. The standard InChI is InChI=1S/C19H15ClN4O2S2/c1-26-12-8-6-11(7-9-12)24-18(22-23-19(24)27-10-15(21)25)17-16(20)13-4-2-3-5-14(13)28-17/h2-9H,10H2,1H3,(H2,21,25). The number of primary amides is 1. The van der Waals surface area contributed by atoms with E-state index in [4.69, 9.17) is 22.1 Å². The highest BCUT2D eigenvalue weighted by atomic mass is 35.5. The largest absolute Gasteiger partial charge is 0.497 e. The number of methoxy groups -OCH3 is 1. The van der Waals surface area contributed by atoms with Crippen molar-refractivity contribution in [2.75, 3.05) is 12.9 Å². The van der Waals surface area contributed by atoms with E-state index in [0.29, 0.717) is 16.0 Å². The van der Waals surface area contributed by atoms with Crippen LogP contribution >= 0.6 is 34.7 Å². The zero-order valence-corrected chi connectivity index (χ0v) is 17.1. The lowest BCUT2D eigenvalue weighted by atomic mass is 10.2. The van der Waals surface area contributed by atoms with Crippen LogP contribution in [0.25, 0.3) is 26.5 Å². The molecule has 0 bridgehead atoms. The van der Waals surface area contributed by atoms with Gasteiger partial charge in [0.05, 0.1) is 28.4 Å². The molecule has 0 radical (unpaired) electrons. The van der Waals surface area contributed by atoms with Gasteiger partial charge in [0.2, 0.25) is 5.91 Å². The number of benzene rings is 2. The number of nitrogens with zero attached hydrogens (tertiary/aromatic N) is 3. The van der Waals surface area contributed by atoms with Crippen molar-refractivity contribution in [2.24, 2.45) is 5.73 Å². The second-order valence-corrected chi connectivity index (χ2v) is 8.21. The normalized spacial score (nSPS) is 11.1. The lowest BCUT2D eigenvalue weighted by Gasteiger charge is -2.10. The van der Waals surface area contributed by atoms with Crippen LogP contribution in [-0.4, -0.2) is 33.5 Å². The highest BCUT2D eigenvalue weighted by molar-refractivity contribution is 7.99. The Morgan fingerprint density at radius 1 is 1.21 bits per heavy atom. The fourth-order valence-electron chi connectivity index (χ4n) is 2.77. The first kappa shape index (κ1) is 18.8. The summed E-state index contributed by atoms with van der Waals surface area (Å²) in [7, 11) is 1.62. The molecule has 0 aliphatic rings. The minimum atomic E-state index is -0.421. The lowest BCUT2D eigenvalue weighted by Crippen LogP contribution is -2.13. The predicted molar refractivity (Wildman–Crippen MR) is 114 cm³/mol. The van der Waals surface area contributed by atoms with Crippen molar-refractivity contribution in [3.8, 4) is 22.1 Å². The maximum Gasteiger partial charge on any atom is 0.227 e. The molecule has 0 atom stereocenters. The summed E-state index contributed by atoms with van der Waals surface area (Å²) in [5.74, 6) is 1.04. The number of hydrogen-bond acceptors (Lipinski definition) is 6. The first-order valence-electron chi connectivity index (χ1n) is 8.27. The molecule has 0 aliphatic heterocycles. The first-order valence-corrected chi connectivity index (χ1v) is 10.4. The zero-order chi connectivity index (χ0) is 19.7. The molecule has 142 valence electrons. The van der Waals surface area contributed by atoms with Crippen LogP contribution in [0.5, 0.6) is 5.75 Å². The van der Waals surface area contributed by atoms with Gasteiger partial charge in [-0.15, -0.1) is 21.5 Å². The summed E-state index contributed by atoms with van der Waals surface area (Å²) < 4.78 is 8.19. The van der Waals surface area contributed by atoms with Gasteiger partial charge in [0.15, 0.2) is 11.0 Å². The first-order chi connectivity index (χ1) is 13.6. The topological polar surface area (TPSA) is 83.0 Å². The van der Waals surface area contributed by atoms with E-state index in [2.05, 4.69) is 10.2 Å². The SMILES string of the molecule is COc1ccc(-n2c(SCC(N)=O)nnc2-c2sc3ccccc3c2Cl)cc1. The van der Waals surface area contributed by atoms with Crippen molar-refractivity contribution in [1.82, 2.24) is 14.8 Å². The number of thiophene rings is 1. The zero-order valence-electron chi connectivity index (χ0n) is 14.8. The van der Waals surface area contributed by atoms with Crippen molar-refractivity contribution in [2.45, 2.75) is 5.16 Å². The van der Waals surface area contributed by atoms with Gasteiger partial charge in [0.25, 0.3) is 0 Å². The van der Waals surface area contributed by atoms with Crippen LogP contribution in [0.1, 0.15) is 0 Å². The molecule has 2 heterocycles. The molecule has 9 heteroatoms. The molecule has 28 heavy (non-hydrogen) atoms. The Bertz CT molecular complexity index is 1150. The van der Waals surface area contributed by atoms with E-state index in [0.717, 1.165) is 26.4 Å². The van der Waals surface area contributed by atoms with Gasteiger partial charge in [-0.3, -0.25) is 9.36 Å². The molecule has 2 N–H and O–H groups in total. The molecule has 0 saturated heterocycles. The number of aromatic nitrogens is 3. The molecule has 0 spiro atoms.